The summed E-state index contributed by atoms with van der Waals surface area (Å²) in [5.74, 6) is 0.535. The number of aromatic nitrogens is 4. The third-order valence-corrected chi connectivity index (χ3v) is 5.75. The Morgan fingerprint density at radius 3 is 2.96 bits per heavy atom. The van der Waals surface area contributed by atoms with Crippen LogP contribution in [0.25, 0.3) is 21.6 Å². The van der Waals surface area contributed by atoms with Crippen molar-refractivity contribution in [2.75, 3.05) is 5.32 Å². The Morgan fingerprint density at radius 1 is 1.37 bits per heavy atom. The Labute approximate surface area is 165 Å². The van der Waals surface area contributed by atoms with Gasteiger partial charge in [0.1, 0.15) is 6.04 Å². The molecule has 1 amide bonds. The Bertz CT molecular complexity index is 1150. The first kappa shape index (κ1) is 17.7. The van der Waals surface area contributed by atoms with Gasteiger partial charge in [-0.05, 0) is 61.8 Å². The first-order valence-electron chi connectivity index (χ1n) is 8.69. The molecule has 0 aliphatic carbocycles. The zero-order valence-corrected chi connectivity index (χ0v) is 16.6. The maximum Gasteiger partial charge on any atom is 0.247 e. The largest absolute Gasteiger partial charge is 0.348 e. The van der Waals surface area contributed by atoms with E-state index in [1.54, 1.807) is 15.9 Å². The van der Waals surface area contributed by atoms with Crippen LogP contribution in [-0.4, -0.2) is 25.2 Å². The molecule has 3 aromatic heterocycles. The van der Waals surface area contributed by atoms with Gasteiger partial charge in [-0.25, -0.2) is 0 Å². The molecule has 0 fully saturated rings. The highest BCUT2D eigenvalue weighted by atomic mass is 32.1. The molecule has 1 aromatic carbocycles. The van der Waals surface area contributed by atoms with Crippen LogP contribution in [0.3, 0.4) is 0 Å². The van der Waals surface area contributed by atoms with Crippen molar-refractivity contribution < 1.29 is 4.79 Å². The van der Waals surface area contributed by atoms with Gasteiger partial charge in [-0.1, -0.05) is 6.07 Å². The van der Waals surface area contributed by atoms with Crippen molar-refractivity contribution in [1.29, 1.82) is 0 Å². The van der Waals surface area contributed by atoms with E-state index >= 15 is 0 Å². The number of aromatic amines is 1. The topological polar surface area (TPSA) is 67.6 Å². The number of aryl methyl sites for hydroxylation is 1. The minimum atomic E-state index is -0.496. The van der Waals surface area contributed by atoms with Crippen LogP contribution in [0.2, 0.25) is 0 Å². The van der Waals surface area contributed by atoms with Gasteiger partial charge in [-0.3, -0.25) is 14.5 Å². The number of hydrogen-bond donors (Lipinski definition) is 2. The minimum Gasteiger partial charge on any atom is -0.348 e. The van der Waals surface area contributed by atoms with Crippen molar-refractivity contribution in [1.82, 2.24) is 19.3 Å². The fraction of sp³-hybridized carbons (Fsp3) is 0.211. The molecule has 0 radical (unpaired) electrons. The van der Waals surface area contributed by atoms with Crippen molar-refractivity contribution in [2.45, 2.75) is 26.4 Å². The van der Waals surface area contributed by atoms with Gasteiger partial charge in [0.25, 0.3) is 0 Å². The lowest BCUT2D eigenvalue weighted by atomic mass is 10.2. The summed E-state index contributed by atoms with van der Waals surface area (Å²) in [6.07, 6.45) is 2.05. The first-order valence-corrected chi connectivity index (χ1v) is 9.98. The van der Waals surface area contributed by atoms with E-state index in [1.807, 2.05) is 42.6 Å². The van der Waals surface area contributed by atoms with Gasteiger partial charge in [-0.2, -0.15) is 5.10 Å². The fourth-order valence-electron chi connectivity index (χ4n) is 3.16. The number of rotatable bonds is 5. The Morgan fingerprint density at radius 2 is 2.22 bits per heavy atom. The number of carbonyl (C=O) groups is 1. The Hall–Kier alpha value is -2.71. The van der Waals surface area contributed by atoms with Gasteiger partial charge in [0.2, 0.25) is 5.91 Å². The summed E-state index contributed by atoms with van der Waals surface area (Å²) in [6.45, 7) is 4.84. The number of hydrogen-bond acceptors (Lipinski definition) is 4. The number of fused-ring (bicyclic) bond motifs is 1. The number of nitrogens with zero attached hydrogens (tertiary/aromatic N) is 3. The van der Waals surface area contributed by atoms with E-state index in [4.69, 9.17) is 12.2 Å². The molecule has 6 nitrogen and oxygen atoms in total. The van der Waals surface area contributed by atoms with Crippen LogP contribution in [-0.2, 0) is 11.3 Å². The van der Waals surface area contributed by atoms with Crippen molar-refractivity contribution in [3.05, 3.63) is 52.7 Å². The molecule has 0 bridgehead atoms. The van der Waals surface area contributed by atoms with Gasteiger partial charge in [0, 0.05) is 29.3 Å². The second kappa shape index (κ2) is 7.13. The minimum absolute atomic E-state index is 0.139. The highest BCUT2D eigenvalue weighted by Gasteiger charge is 2.21. The van der Waals surface area contributed by atoms with Gasteiger partial charge in [0.15, 0.2) is 10.6 Å². The molecular formula is C19H19N5OS2. The van der Waals surface area contributed by atoms with Gasteiger partial charge in [0.05, 0.1) is 4.88 Å². The molecule has 8 heteroatoms. The molecular weight excluding hydrogens is 378 g/mol. The Balaban J connectivity index is 1.60. The summed E-state index contributed by atoms with van der Waals surface area (Å²) in [4.78, 5) is 13.8. The van der Waals surface area contributed by atoms with Crippen LogP contribution in [0.1, 0.15) is 19.9 Å². The predicted octanol–water partition coefficient (Wildman–Crippen LogP) is 4.84. The molecule has 0 spiro atoms. The lowest BCUT2D eigenvalue weighted by Gasteiger charge is -2.15. The van der Waals surface area contributed by atoms with E-state index in [-0.39, 0.29) is 5.91 Å². The molecule has 27 heavy (non-hydrogen) atoms. The molecule has 1 unspecified atom stereocenters. The number of thiophene rings is 1. The fourth-order valence-corrected chi connectivity index (χ4v) is 4.16. The van der Waals surface area contributed by atoms with Crippen LogP contribution in [0.15, 0.2) is 48.0 Å². The first-order chi connectivity index (χ1) is 13.1. The average Bonchev–Trinajstić information content (AvgIpc) is 3.39. The summed E-state index contributed by atoms with van der Waals surface area (Å²) >= 11 is 6.91. The molecule has 0 saturated carbocycles. The van der Waals surface area contributed by atoms with Crippen molar-refractivity contribution in [3.8, 4) is 10.7 Å². The maximum absolute atomic E-state index is 12.9. The van der Waals surface area contributed by atoms with E-state index in [0.29, 0.717) is 10.6 Å². The molecule has 4 aromatic rings. The number of H-pyrrole nitrogens is 1. The quantitative estimate of drug-likeness (QED) is 0.473. The third kappa shape index (κ3) is 3.22. The van der Waals surface area contributed by atoms with E-state index in [0.717, 1.165) is 28.0 Å². The SMILES string of the molecule is CCn1ccc2cc(NC(=O)C(C)n3c(-c4cccs4)n[nH]c3=S)ccc21. The predicted molar refractivity (Wildman–Crippen MR) is 112 cm³/mol. The molecule has 3 heterocycles. The summed E-state index contributed by atoms with van der Waals surface area (Å²) in [5, 5.41) is 13.2. The van der Waals surface area contributed by atoms with Crippen LogP contribution in [0.5, 0.6) is 0 Å². The van der Waals surface area contributed by atoms with Crippen LogP contribution in [0.4, 0.5) is 5.69 Å². The summed E-state index contributed by atoms with van der Waals surface area (Å²) in [7, 11) is 0. The van der Waals surface area contributed by atoms with E-state index in [1.165, 1.54) is 0 Å². The average molecular weight is 398 g/mol. The number of carbonyl (C=O) groups excluding carboxylic acids is 1. The van der Waals surface area contributed by atoms with Gasteiger partial charge < -0.3 is 9.88 Å². The maximum atomic E-state index is 12.9. The molecule has 138 valence electrons. The monoisotopic (exact) mass is 397 g/mol. The number of nitrogens with one attached hydrogen (secondary N) is 2. The molecule has 4 rings (SSSR count). The number of anilines is 1. The highest BCUT2D eigenvalue weighted by molar-refractivity contribution is 7.71. The normalized spacial score (nSPS) is 12.4. The van der Waals surface area contributed by atoms with Crippen LogP contribution in [0, 0.1) is 4.77 Å². The molecule has 2 N–H and O–H groups in total. The van der Waals surface area contributed by atoms with E-state index < -0.39 is 6.04 Å². The molecule has 1 atom stereocenters. The summed E-state index contributed by atoms with van der Waals surface area (Å²) < 4.78 is 4.35. The number of benzene rings is 1. The van der Waals surface area contributed by atoms with E-state index in [9.17, 15) is 4.79 Å². The second-order valence-electron chi connectivity index (χ2n) is 6.24. The van der Waals surface area contributed by atoms with Gasteiger partial charge >= 0.3 is 0 Å². The van der Waals surface area contributed by atoms with Crippen LogP contribution < -0.4 is 5.32 Å². The van der Waals surface area contributed by atoms with E-state index in [2.05, 4.69) is 39.3 Å². The molecule has 0 saturated heterocycles. The summed E-state index contributed by atoms with van der Waals surface area (Å²) in [6, 6.07) is 11.4. The standard InChI is InChI=1S/C19H19N5OS2/c1-3-23-9-8-13-11-14(6-7-15(13)23)20-18(25)12(2)24-17(21-22-19(24)26)16-5-4-10-27-16/h4-12H,3H2,1-2H3,(H,20,25)(H,22,26). The lowest BCUT2D eigenvalue weighted by Crippen LogP contribution is -2.24. The molecule has 0 aliphatic heterocycles. The third-order valence-electron chi connectivity index (χ3n) is 4.59. The summed E-state index contributed by atoms with van der Waals surface area (Å²) in [5.41, 5.74) is 1.92. The highest BCUT2D eigenvalue weighted by Crippen LogP contribution is 2.26. The van der Waals surface area contributed by atoms with Crippen molar-refractivity contribution in [2.24, 2.45) is 0 Å². The number of amides is 1. The molecule has 0 aliphatic rings. The zero-order chi connectivity index (χ0) is 19.0. The van der Waals surface area contributed by atoms with Gasteiger partial charge in [-0.15, -0.1) is 11.3 Å². The smallest absolute Gasteiger partial charge is 0.247 e. The van der Waals surface area contributed by atoms with Crippen molar-refractivity contribution in [3.63, 3.8) is 0 Å². The Kier molecular flexibility index (Phi) is 4.67. The van der Waals surface area contributed by atoms with Crippen LogP contribution >= 0.6 is 23.6 Å². The second-order valence-corrected chi connectivity index (χ2v) is 7.57. The lowest BCUT2D eigenvalue weighted by molar-refractivity contribution is -0.118. The van der Waals surface area contributed by atoms with Crippen molar-refractivity contribution >= 4 is 46.1 Å². The zero-order valence-electron chi connectivity index (χ0n) is 15.0.